The molecule has 0 N–H and O–H groups in total. The summed E-state index contributed by atoms with van der Waals surface area (Å²) < 4.78 is 33.0. The molecule has 1 saturated heterocycles. The molecule has 1 unspecified atom stereocenters. The number of likely N-dealkylation sites (tertiary alicyclic amines) is 1. The Balaban J connectivity index is 1.37. The van der Waals surface area contributed by atoms with Crippen LogP contribution in [-0.2, 0) is 14.8 Å². The normalized spacial score (nSPS) is 18.7. The summed E-state index contributed by atoms with van der Waals surface area (Å²) in [6.07, 6.45) is 7.11. The van der Waals surface area contributed by atoms with Crippen LogP contribution < -0.4 is 0 Å². The van der Waals surface area contributed by atoms with Crippen molar-refractivity contribution in [2.24, 2.45) is 0 Å². The van der Waals surface area contributed by atoms with Gasteiger partial charge in [0, 0.05) is 38.8 Å². The monoisotopic (exact) mass is 527 g/mol. The molecule has 0 bridgehead atoms. The van der Waals surface area contributed by atoms with E-state index in [4.69, 9.17) is 4.74 Å². The van der Waals surface area contributed by atoms with Crippen LogP contribution in [0.25, 0.3) is 0 Å². The molecule has 1 saturated carbocycles. The molecule has 4 rings (SSSR count). The van der Waals surface area contributed by atoms with E-state index in [2.05, 4.69) is 17.0 Å². The van der Waals surface area contributed by atoms with Crippen molar-refractivity contribution in [3.63, 3.8) is 0 Å². The van der Waals surface area contributed by atoms with Gasteiger partial charge in [-0.15, -0.1) is 0 Å². The van der Waals surface area contributed by atoms with Crippen LogP contribution in [0.3, 0.4) is 0 Å². The molecule has 8 heteroatoms. The van der Waals surface area contributed by atoms with Crippen molar-refractivity contribution in [1.82, 2.24) is 14.1 Å². The van der Waals surface area contributed by atoms with E-state index in [-0.39, 0.29) is 18.1 Å². The first kappa shape index (κ1) is 27.6. The van der Waals surface area contributed by atoms with Crippen LogP contribution in [0.5, 0.6) is 0 Å². The number of carbonyl (C=O) groups is 1. The van der Waals surface area contributed by atoms with Gasteiger partial charge in [0.05, 0.1) is 12.0 Å². The van der Waals surface area contributed by atoms with E-state index in [0.717, 1.165) is 57.3 Å². The zero-order valence-electron chi connectivity index (χ0n) is 22.2. The number of sulfonamides is 1. The van der Waals surface area contributed by atoms with Gasteiger partial charge in [0.1, 0.15) is 0 Å². The molecule has 1 amide bonds. The van der Waals surface area contributed by atoms with Crippen LogP contribution in [0.1, 0.15) is 56.4 Å². The third-order valence-electron chi connectivity index (χ3n) is 8.05. The number of hydrogen-bond donors (Lipinski definition) is 0. The van der Waals surface area contributed by atoms with Gasteiger partial charge in [-0.3, -0.25) is 0 Å². The average molecular weight is 528 g/mol. The maximum Gasteiger partial charge on any atom is 0.409 e. The number of amides is 1. The third-order valence-corrected chi connectivity index (χ3v) is 9.89. The lowest BCUT2D eigenvalue weighted by Crippen LogP contribution is -2.51. The summed E-state index contributed by atoms with van der Waals surface area (Å²) in [5.74, 6) is 0.0902. The molecule has 37 heavy (non-hydrogen) atoms. The molecule has 202 valence electrons. The fourth-order valence-corrected chi connectivity index (χ4v) is 7.15. The number of ether oxygens (including phenoxy) is 1. The Hall–Kier alpha value is -2.42. The largest absolute Gasteiger partial charge is 0.453 e. The lowest BCUT2D eigenvalue weighted by Gasteiger charge is -2.41. The first-order valence-corrected chi connectivity index (χ1v) is 15.0. The van der Waals surface area contributed by atoms with Crippen LogP contribution in [0, 0.1) is 0 Å². The summed E-state index contributed by atoms with van der Waals surface area (Å²) in [4.78, 5) is 17.4. The van der Waals surface area contributed by atoms with Gasteiger partial charge in [-0.25, -0.2) is 17.5 Å². The number of rotatable bonds is 10. The van der Waals surface area contributed by atoms with E-state index in [1.165, 1.54) is 24.3 Å². The van der Waals surface area contributed by atoms with Crippen LogP contribution in [0.4, 0.5) is 4.79 Å². The Morgan fingerprint density at radius 1 is 0.946 bits per heavy atom. The predicted molar refractivity (Wildman–Crippen MR) is 146 cm³/mol. The van der Waals surface area contributed by atoms with Gasteiger partial charge in [0.2, 0.25) is 10.0 Å². The number of piperidine rings is 1. The van der Waals surface area contributed by atoms with Crippen molar-refractivity contribution >= 4 is 16.1 Å². The van der Waals surface area contributed by atoms with Crippen molar-refractivity contribution in [3.05, 3.63) is 66.2 Å². The van der Waals surface area contributed by atoms with Gasteiger partial charge in [0.15, 0.2) is 0 Å². The summed E-state index contributed by atoms with van der Waals surface area (Å²) in [5.41, 5.74) is 1.16. The molecule has 1 atom stereocenters. The van der Waals surface area contributed by atoms with Gasteiger partial charge in [-0.1, -0.05) is 61.4 Å². The van der Waals surface area contributed by atoms with Crippen LogP contribution in [0.15, 0.2) is 65.6 Å². The summed E-state index contributed by atoms with van der Waals surface area (Å²) in [7, 11) is -0.391. The van der Waals surface area contributed by atoms with E-state index in [9.17, 15) is 13.2 Å². The number of methoxy groups -OCH3 is 1. The minimum Gasteiger partial charge on any atom is -0.453 e. The second-order valence-corrected chi connectivity index (χ2v) is 12.4. The molecule has 2 aromatic carbocycles. The summed E-state index contributed by atoms with van der Waals surface area (Å²) in [6.45, 7) is 3.19. The lowest BCUT2D eigenvalue weighted by molar-refractivity contribution is 0.0557. The van der Waals surface area contributed by atoms with Crippen molar-refractivity contribution in [2.45, 2.75) is 67.8 Å². The highest BCUT2D eigenvalue weighted by atomic mass is 32.2. The fraction of sp³-hybridized carbons (Fsp3) is 0.552. The molecule has 7 nitrogen and oxygen atoms in total. The van der Waals surface area contributed by atoms with Crippen LogP contribution in [0.2, 0.25) is 0 Å². The Morgan fingerprint density at radius 3 is 2.11 bits per heavy atom. The van der Waals surface area contributed by atoms with Crippen molar-refractivity contribution < 1.29 is 17.9 Å². The van der Waals surface area contributed by atoms with Gasteiger partial charge < -0.3 is 14.5 Å². The molecule has 0 aromatic heterocycles. The maximum atomic E-state index is 13.2. The molecule has 2 aromatic rings. The smallest absolute Gasteiger partial charge is 0.409 e. The van der Waals surface area contributed by atoms with E-state index >= 15 is 0 Å². The highest BCUT2D eigenvalue weighted by molar-refractivity contribution is 7.89. The highest BCUT2D eigenvalue weighted by Gasteiger charge is 2.35. The molecule has 1 heterocycles. The molecule has 2 fully saturated rings. The van der Waals surface area contributed by atoms with E-state index in [1.807, 2.05) is 29.2 Å². The Labute approximate surface area is 222 Å². The molecule has 0 spiro atoms. The second kappa shape index (κ2) is 12.9. The first-order chi connectivity index (χ1) is 17.9. The molecule has 0 radical (unpaired) electrons. The third kappa shape index (κ3) is 6.92. The van der Waals surface area contributed by atoms with Crippen molar-refractivity contribution in [2.75, 3.05) is 40.3 Å². The topological polar surface area (TPSA) is 70.2 Å². The summed E-state index contributed by atoms with van der Waals surface area (Å²) in [6, 6.07) is 19.4. The van der Waals surface area contributed by atoms with Crippen molar-refractivity contribution in [1.29, 1.82) is 0 Å². The highest BCUT2D eigenvalue weighted by Crippen LogP contribution is 2.30. The van der Waals surface area contributed by atoms with Crippen LogP contribution in [-0.4, -0.2) is 81.0 Å². The number of hydrogen-bond acceptors (Lipinski definition) is 5. The Bertz CT molecular complexity index is 1080. The minimum absolute atomic E-state index is 0.0902. The minimum atomic E-state index is -3.55. The number of nitrogens with zero attached hydrogens (tertiary/aromatic N) is 3. The SMILES string of the molecule is COC(=O)N(C1CCCC1)C1CCN(CCC(CN(C)S(=O)(=O)c2ccccc2)c2ccccc2)CC1. The quantitative estimate of drug-likeness (QED) is 0.437. The summed E-state index contributed by atoms with van der Waals surface area (Å²) in [5, 5.41) is 0. The van der Waals surface area contributed by atoms with Gasteiger partial charge >= 0.3 is 6.09 Å². The van der Waals surface area contributed by atoms with Gasteiger partial charge in [-0.05, 0) is 62.3 Å². The second-order valence-electron chi connectivity index (χ2n) is 10.4. The number of carbonyl (C=O) groups excluding carboxylic acids is 1. The maximum absolute atomic E-state index is 13.2. The molecular formula is C29H41N3O4S. The predicted octanol–water partition coefficient (Wildman–Crippen LogP) is 4.96. The molecule has 2 aliphatic rings. The van der Waals surface area contributed by atoms with E-state index in [1.54, 1.807) is 31.3 Å². The Kier molecular flexibility index (Phi) is 9.62. The number of likely N-dealkylation sites (N-methyl/N-ethyl adjacent to an activating group) is 1. The van der Waals surface area contributed by atoms with Gasteiger partial charge in [-0.2, -0.15) is 0 Å². The van der Waals surface area contributed by atoms with E-state index < -0.39 is 10.0 Å². The first-order valence-electron chi connectivity index (χ1n) is 13.5. The van der Waals surface area contributed by atoms with E-state index in [0.29, 0.717) is 17.5 Å². The zero-order chi connectivity index (χ0) is 26.3. The fourth-order valence-electron chi connectivity index (χ4n) is 5.91. The molecular weight excluding hydrogens is 486 g/mol. The number of benzene rings is 2. The van der Waals surface area contributed by atoms with Gasteiger partial charge in [0.25, 0.3) is 0 Å². The van der Waals surface area contributed by atoms with Crippen molar-refractivity contribution in [3.8, 4) is 0 Å². The molecule has 1 aliphatic heterocycles. The standard InChI is InChI=1S/C29H41N3O4S/c1-30(37(34,35)28-15-7-4-8-16-28)23-25(24-11-5-3-6-12-24)17-20-31-21-18-27(19-22-31)32(29(33)36-2)26-13-9-10-14-26/h3-8,11-12,15-16,25-27H,9-10,13-14,17-23H2,1-2H3. The summed E-state index contributed by atoms with van der Waals surface area (Å²) >= 11 is 0. The Morgan fingerprint density at radius 2 is 1.51 bits per heavy atom. The molecule has 1 aliphatic carbocycles. The average Bonchev–Trinajstić information content (AvgIpc) is 3.47. The zero-order valence-corrected chi connectivity index (χ0v) is 23.0. The van der Waals surface area contributed by atoms with Crippen LogP contribution >= 0.6 is 0 Å². The lowest BCUT2D eigenvalue weighted by atomic mass is 9.94.